The van der Waals surface area contributed by atoms with E-state index in [1.807, 2.05) is 0 Å². The molecule has 0 radical (unpaired) electrons. The number of benzene rings is 2. The molecule has 0 spiro atoms. The predicted octanol–water partition coefficient (Wildman–Crippen LogP) is 11.4. The van der Waals surface area contributed by atoms with Crippen molar-refractivity contribution in [3.05, 3.63) is 59.7 Å². The molecule has 0 amide bonds. The van der Waals surface area contributed by atoms with Gasteiger partial charge in [-0.3, -0.25) is 0 Å². The first-order valence-electron chi connectivity index (χ1n) is 16.1. The fourth-order valence-electron chi connectivity index (χ4n) is 6.82. The van der Waals surface area contributed by atoms with Gasteiger partial charge in [-0.25, -0.2) is 0 Å². The van der Waals surface area contributed by atoms with Crippen LogP contribution in [0.15, 0.2) is 48.5 Å². The molecule has 1 saturated carbocycles. The molecular weight excluding hydrogens is 448 g/mol. The van der Waals surface area contributed by atoms with Gasteiger partial charge in [-0.2, -0.15) is 0 Å². The van der Waals surface area contributed by atoms with Crippen molar-refractivity contribution in [3.8, 4) is 11.1 Å². The second-order valence-corrected chi connectivity index (χ2v) is 12.3. The molecule has 2 fully saturated rings. The Labute approximate surface area is 228 Å². The SMILES string of the molecule is CCCCCCCCC1CCC(c2ccc(-c3ccc(C4CCC(CCCCC)CC4)cc3)cc2)OC1. The maximum absolute atomic E-state index is 6.34. The van der Waals surface area contributed by atoms with Crippen LogP contribution in [-0.2, 0) is 4.74 Å². The topological polar surface area (TPSA) is 9.23 Å². The largest absolute Gasteiger partial charge is 0.373 e. The van der Waals surface area contributed by atoms with E-state index in [4.69, 9.17) is 4.74 Å². The Kier molecular flexibility index (Phi) is 12.1. The van der Waals surface area contributed by atoms with E-state index in [0.717, 1.165) is 24.4 Å². The molecular formula is C36H54O. The summed E-state index contributed by atoms with van der Waals surface area (Å²) in [4.78, 5) is 0. The van der Waals surface area contributed by atoms with Gasteiger partial charge in [0.2, 0.25) is 0 Å². The molecule has 2 aromatic carbocycles. The van der Waals surface area contributed by atoms with Crippen molar-refractivity contribution in [1.82, 2.24) is 0 Å². The number of ether oxygens (including phenoxy) is 1. The summed E-state index contributed by atoms with van der Waals surface area (Å²) in [6.07, 6.45) is 23.8. The Bertz CT molecular complexity index is 851. The molecule has 4 rings (SSSR count). The summed E-state index contributed by atoms with van der Waals surface area (Å²) in [5.74, 6) is 2.53. The molecule has 1 saturated heterocycles. The van der Waals surface area contributed by atoms with Gasteiger partial charge in [0.25, 0.3) is 0 Å². The van der Waals surface area contributed by atoms with Gasteiger partial charge in [0.05, 0.1) is 12.7 Å². The third kappa shape index (κ3) is 8.98. The van der Waals surface area contributed by atoms with E-state index in [1.165, 1.54) is 126 Å². The minimum atomic E-state index is 0.286. The van der Waals surface area contributed by atoms with E-state index in [9.17, 15) is 0 Å². The zero-order chi connectivity index (χ0) is 25.7. The number of hydrogen-bond donors (Lipinski definition) is 0. The van der Waals surface area contributed by atoms with Crippen LogP contribution in [0.1, 0.15) is 146 Å². The van der Waals surface area contributed by atoms with Crippen molar-refractivity contribution >= 4 is 0 Å². The summed E-state index contributed by atoms with van der Waals surface area (Å²) in [6, 6.07) is 18.7. The predicted molar refractivity (Wildman–Crippen MR) is 160 cm³/mol. The highest BCUT2D eigenvalue weighted by Gasteiger charge is 2.23. The Morgan fingerprint density at radius 2 is 1.05 bits per heavy atom. The smallest absolute Gasteiger partial charge is 0.0825 e. The first kappa shape index (κ1) is 28.4. The fourth-order valence-corrected chi connectivity index (χ4v) is 6.82. The molecule has 1 heterocycles. The van der Waals surface area contributed by atoms with Crippen LogP contribution in [0.4, 0.5) is 0 Å². The van der Waals surface area contributed by atoms with Gasteiger partial charge < -0.3 is 4.74 Å². The number of hydrogen-bond acceptors (Lipinski definition) is 1. The lowest BCUT2D eigenvalue weighted by Crippen LogP contribution is -2.20. The minimum Gasteiger partial charge on any atom is -0.373 e. The summed E-state index contributed by atoms with van der Waals surface area (Å²) < 4.78 is 6.34. The molecule has 0 aromatic heterocycles. The van der Waals surface area contributed by atoms with Crippen molar-refractivity contribution < 1.29 is 4.74 Å². The molecule has 1 heteroatoms. The molecule has 1 aliphatic carbocycles. The molecule has 2 aliphatic rings. The highest BCUT2D eigenvalue weighted by molar-refractivity contribution is 5.64. The molecule has 0 N–H and O–H groups in total. The van der Waals surface area contributed by atoms with Gasteiger partial charge >= 0.3 is 0 Å². The van der Waals surface area contributed by atoms with Crippen molar-refractivity contribution in [1.29, 1.82) is 0 Å². The summed E-state index contributed by atoms with van der Waals surface area (Å²) in [5.41, 5.74) is 5.58. The average Bonchev–Trinajstić information content (AvgIpc) is 2.96. The van der Waals surface area contributed by atoms with Crippen LogP contribution in [0, 0.1) is 11.8 Å². The van der Waals surface area contributed by atoms with Crippen LogP contribution in [0.25, 0.3) is 11.1 Å². The Hall–Kier alpha value is -1.60. The molecule has 1 nitrogen and oxygen atoms in total. The van der Waals surface area contributed by atoms with Gasteiger partial charge in [0, 0.05) is 0 Å². The lowest BCUT2D eigenvalue weighted by molar-refractivity contribution is -0.0199. The maximum Gasteiger partial charge on any atom is 0.0825 e. The third-order valence-corrected chi connectivity index (χ3v) is 9.40. The Morgan fingerprint density at radius 1 is 0.541 bits per heavy atom. The molecule has 37 heavy (non-hydrogen) atoms. The summed E-state index contributed by atoms with van der Waals surface area (Å²) in [6.45, 7) is 5.55. The van der Waals surface area contributed by atoms with E-state index in [1.54, 1.807) is 5.56 Å². The highest BCUT2D eigenvalue weighted by atomic mass is 16.5. The minimum absolute atomic E-state index is 0.286. The normalized spacial score (nSPS) is 24.3. The van der Waals surface area contributed by atoms with E-state index >= 15 is 0 Å². The quantitative estimate of drug-likeness (QED) is 0.233. The average molecular weight is 503 g/mol. The van der Waals surface area contributed by atoms with Gasteiger partial charge in [0.15, 0.2) is 0 Å². The van der Waals surface area contributed by atoms with Crippen LogP contribution in [0.3, 0.4) is 0 Å². The van der Waals surface area contributed by atoms with Crippen LogP contribution in [0.5, 0.6) is 0 Å². The van der Waals surface area contributed by atoms with Gasteiger partial charge in [-0.15, -0.1) is 0 Å². The Morgan fingerprint density at radius 3 is 1.68 bits per heavy atom. The lowest BCUT2D eigenvalue weighted by atomic mass is 9.77. The van der Waals surface area contributed by atoms with Crippen molar-refractivity contribution in [3.63, 3.8) is 0 Å². The van der Waals surface area contributed by atoms with Gasteiger partial charge in [-0.1, -0.05) is 127 Å². The van der Waals surface area contributed by atoms with E-state index in [2.05, 4.69) is 62.4 Å². The van der Waals surface area contributed by atoms with Crippen LogP contribution in [-0.4, -0.2) is 6.61 Å². The van der Waals surface area contributed by atoms with Gasteiger partial charge in [0.1, 0.15) is 0 Å². The molecule has 2 atom stereocenters. The molecule has 0 bridgehead atoms. The third-order valence-electron chi connectivity index (χ3n) is 9.40. The van der Waals surface area contributed by atoms with Crippen molar-refractivity contribution in [2.75, 3.05) is 6.61 Å². The van der Waals surface area contributed by atoms with Crippen LogP contribution >= 0.6 is 0 Å². The summed E-state index contributed by atoms with van der Waals surface area (Å²) in [7, 11) is 0. The molecule has 2 aromatic rings. The summed E-state index contributed by atoms with van der Waals surface area (Å²) >= 11 is 0. The van der Waals surface area contributed by atoms with E-state index < -0.39 is 0 Å². The zero-order valence-electron chi connectivity index (χ0n) is 24.1. The first-order chi connectivity index (χ1) is 18.3. The lowest BCUT2D eigenvalue weighted by Gasteiger charge is -2.29. The number of unbranched alkanes of at least 4 members (excludes halogenated alkanes) is 7. The second kappa shape index (κ2) is 15.7. The summed E-state index contributed by atoms with van der Waals surface area (Å²) in [5, 5.41) is 0. The second-order valence-electron chi connectivity index (χ2n) is 12.3. The maximum atomic E-state index is 6.34. The van der Waals surface area contributed by atoms with Gasteiger partial charge in [-0.05, 0) is 85.0 Å². The molecule has 204 valence electrons. The molecule has 2 unspecified atom stereocenters. The van der Waals surface area contributed by atoms with E-state index in [0.29, 0.717) is 0 Å². The van der Waals surface area contributed by atoms with Crippen molar-refractivity contribution in [2.24, 2.45) is 11.8 Å². The van der Waals surface area contributed by atoms with E-state index in [-0.39, 0.29) is 6.10 Å². The first-order valence-corrected chi connectivity index (χ1v) is 16.1. The Balaban J connectivity index is 1.19. The standard InChI is InChI=1S/C36H54O/c1-3-5-7-8-9-11-13-30-16-27-36(37-28-30)35-25-23-34(24-26-35)33-21-19-32(20-22-33)31-17-14-29(15-18-31)12-10-6-4-2/h19-26,29-31,36H,3-18,27-28H2,1-2H3. The fraction of sp³-hybridized carbons (Fsp3) is 0.667. The number of rotatable bonds is 14. The van der Waals surface area contributed by atoms with Crippen molar-refractivity contribution in [2.45, 2.75) is 135 Å². The molecule has 1 aliphatic heterocycles. The zero-order valence-corrected chi connectivity index (χ0v) is 24.1. The van der Waals surface area contributed by atoms with Crippen LogP contribution in [0.2, 0.25) is 0 Å². The van der Waals surface area contributed by atoms with Crippen LogP contribution < -0.4 is 0 Å². The monoisotopic (exact) mass is 502 g/mol. The highest BCUT2D eigenvalue weighted by Crippen LogP contribution is 2.39.